The van der Waals surface area contributed by atoms with Crippen molar-refractivity contribution in [1.82, 2.24) is 19.2 Å². The topological polar surface area (TPSA) is 35.2 Å². The van der Waals surface area contributed by atoms with E-state index in [1.54, 1.807) is 16.8 Å². The van der Waals surface area contributed by atoms with Gasteiger partial charge in [0.1, 0.15) is 11.5 Å². The van der Waals surface area contributed by atoms with Crippen molar-refractivity contribution in [3.05, 3.63) is 72.1 Å². The molecule has 0 saturated carbocycles. The number of rotatable bonds is 4. The maximum absolute atomic E-state index is 13.9. The second-order valence-corrected chi connectivity index (χ2v) is 6.31. The van der Waals surface area contributed by atoms with Gasteiger partial charge in [-0.25, -0.2) is 9.07 Å². The van der Waals surface area contributed by atoms with Gasteiger partial charge in [-0.05, 0) is 30.3 Å². The van der Waals surface area contributed by atoms with Crippen LogP contribution in [0, 0.1) is 5.82 Å². The zero-order valence-corrected chi connectivity index (χ0v) is 14.2. The van der Waals surface area contributed by atoms with Crippen molar-refractivity contribution in [3.8, 4) is 5.69 Å². The van der Waals surface area contributed by atoms with Crippen molar-refractivity contribution >= 4 is 0 Å². The quantitative estimate of drug-likeness (QED) is 0.732. The van der Waals surface area contributed by atoms with E-state index in [2.05, 4.69) is 39.9 Å². The van der Waals surface area contributed by atoms with E-state index in [-0.39, 0.29) is 11.9 Å². The van der Waals surface area contributed by atoms with Gasteiger partial charge in [-0.15, -0.1) is 0 Å². The lowest BCUT2D eigenvalue weighted by atomic mass is 10.1. The van der Waals surface area contributed by atoms with Gasteiger partial charge in [0.25, 0.3) is 0 Å². The molecule has 1 saturated heterocycles. The third-order valence-electron chi connectivity index (χ3n) is 4.67. The molecule has 1 fully saturated rings. The Morgan fingerprint density at radius 3 is 2.84 bits per heavy atom. The molecule has 25 heavy (non-hydrogen) atoms. The zero-order chi connectivity index (χ0) is 17.2. The van der Waals surface area contributed by atoms with Gasteiger partial charge >= 0.3 is 0 Å². The van der Waals surface area contributed by atoms with Crippen LogP contribution in [0.25, 0.3) is 5.69 Å². The highest BCUT2D eigenvalue weighted by molar-refractivity contribution is 5.32. The molecule has 130 valence electrons. The van der Waals surface area contributed by atoms with E-state index < -0.39 is 0 Å². The molecule has 4 rings (SSSR count). The Labute approximate surface area is 146 Å². The summed E-state index contributed by atoms with van der Waals surface area (Å²) in [6.07, 6.45) is 3.86. The van der Waals surface area contributed by atoms with Gasteiger partial charge in [0.2, 0.25) is 0 Å². The number of para-hydroxylation sites is 1. The number of ether oxygens (including phenoxy) is 1. The van der Waals surface area contributed by atoms with E-state index in [1.165, 1.54) is 11.8 Å². The first-order valence-electron chi connectivity index (χ1n) is 8.45. The lowest BCUT2D eigenvalue weighted by molar-refractivity contribution is -0.0157. The molecule has 0 aliphatic carbocycles. The van der Waals surface area contributed by atoms with Crippen LogP contribution < -0.4 is 0 Å². The Morgan fingerprint density at radius 2 is 2.04 bits per heavy atom. The molecule has 1 aliphatic rings. The molecule has 3 heterocycles. The molecule has 3 aromatic rings. The fourth-order valence-electron chi connectivity index (χ4n) is 3.35. The van der Waals surface area contributed by atoms with Gasteiger partial charge in [-0.1, -0.05) is 12.1 Å². The fraction of sp³-hybridized carbons (Fsp3) is 0.316. The maximum atomic E-state index is 13.9. The van der Waals surface area contributed by atoms with Crippen LogP contribution in [0.5, 0.6) is 0 Å². The van der Waals surface area contributed by atoms with Gasteiger partial charge in [-0.2, -0.15) is 5.10 Å². The minimum absolute atomic E-state index is 0.201. The molecule has 0 unspecified atom stereocenters. The van der Waals surface area contributed by atoms with Gasteiger partial charge in [0.15, 0.2) is 0 Å². The molecule has 2 aromatic heterocycles. The third-order valence-corrected chi connectivity index (χ3v) is 4.67. The predicted octanol–water partition coefficient (Wildman–Crippen LogP) is 2.92. The van der Waals surface area contributed by atoms with Crippen LogP contribution in [-0.2, 0) is 18.3 Å². The molecule has 1 aromatic carbocycles. The van der Waals surface area contributed by atoms with Crippen LogP contribution in [0.4, 0.5) is 4.39 Å². The summed E-state index contributed by atoms with van der Waals surface area (Å²) in [6.45, 7) is 2.95. The van der Waals surface area contributed by atoms with Crippen LogP contribution in [0.15, 0.2) is 54.9 Å². The van der Waals surface area contributed by atoms with E-state index in [0.717, 1.165) is 18.8 Å². The smallest absolute Gasteiger partial charge is 0.148 e. The Kier molecular flexibility index (Phi) is 4.38. The Morgan fingerprint density at radius 1 is 1.16 bits per heavy atom. The molecule has 1 aliphatic heterocycles. The van der Waals surface area contributed by atoms with E-state index in [0.29, 0.717) is 18.8 Å². The third kappa shape index (κ3) is 3.23. The second-order valence-electron chi connectivity index (χ2n) is 6.31. The highest BCUT2D eigenvalue weighted by Gasteiger charge is 2.26. The van der Waals surface area contributed by atoms with E-state index >= 15 is 0 Å². The van der Waals surface area contributed by atoms with E-state index in [9.17, 15) is 4.39 Å². The van der Waals surface area contributed by atoms with Gasteiger partial charge in [-0.3, -0.25) is 4.90 Å². The van der Waals surface area contributed by atoms with Crippen molar-refractivity contribution in [2.45, 2.75) is 12.6 Å². The Balaban J connectivity index is 1.55. The molecular weight excluding hydrogens is 319 g/mol. The highest BCUT2D eigenvalue weighted by Crippen LogP contribution is 2.26. The van der Waals surface area contributed by atoms with Crippen molar-refractivity contribution in [1.29, 1.82) is 0 Å². The molecule has 0 bridgehead atoms. The summed E-state index contributed by atoms with van der Waals surface area (Å²) in [5.41, 5.74) is 2.62. The first-order chi connectivity index (χ1) is 12.2. The summed E-state index contributed by atoms with van der Waals surface area (Å²) >= 11 is 0. The first-order valence-corrected chi connectivity index (χ1v) is 8.45. The molecule has 0 amide bonds. The maximum Gasteiger partial charge on any atom is 0.148 e. The first kappa shape index (κ1) is 16.1. The average molecular weight is 340 g/mol. The summed E-state index contributed by atoms with van der Waals surface area (Å²) < 4.78 is 23.4. The van der Waals surface area contributed by atoms with Crippen molar-refractivity contribution in [3.63, 3.8) is 0 Å². The average Bonchev–Trinajstić information content (AvgIpc) is 3.25. The molecule has 0 spiro atoms. The van der Waals surface area contributed by atoms with Gasteiger partial charge in [0, 0.05) is 38.2 Å². The molecule has 0 radical (unpaired) electrons. The fourth-order valence-corrected chi connectivity index (χ4v) is 3.35. The predicted molar refractivity (Wildman–Crippen MR) is 92.9 cm³/mol. The number of halogens is 1. The molecular formula is C19H21FN4O. The van der Waals surface area contributed by atoms with E-state index in [1.807, 2.05) is 18.3 Å². The lowest BCUT2D eigenvalue weighted by Crippen LogP contribution is -2.39. The Bertz CT molecular complexity index is 856. The zero-order valence-electron chi connectivity index (χ0n) is 14.2. The van der Waals surface area contributed by atoms with Crippen molar-refractivity contribution < 1.29 is 9.13 Å². The largest absolute Gasteiger partial charge is 0.378 e. The summed E-state index contributed by atoms with van der Waals surface area (Å²) in [7, 11) is 2.05. The molecule has 0 N–H and O–H groups in total. The highest BCUT2D eigenvalue weighted by atomic mass is 19.1. The lowest BCUT2D eigenvalue weighted by Gasteiger charge is -2.35. The van der Waals surface area contributed by atoms with Crippen LogP contribution in [0.2, 0.25) is 0 Å². The summed E-state index contributed by atoms with van der Waals surface area (Å²) in [6, 6.07) is 13.0. The van der Waals surface area contributed by atoms with Gasteiger partial charge in [0.05, 0.1) is 24.9 Å². The number of benzene rings is 1. The normalized spacial score (nSPS) is 18.6. The van der Waals surface area contributed by atoms with Crippen LogP contribution in [-0.4, -0.2) is 39.0 Å². The number of morpholine rings is 1. The SMILES string of the molecule is Cn1cccc1[C@H]1COCCN1Cc1ccn(-c2ccccc2F)n1. The standard InChI is InChI=1S/C19H21FN4O/c1-22-9-4-7-18(22)19-14-25-12-11-23(19)13-15-8-10-24(21-15)17-6-3-2-5-16(17)20/h2-10,19H,11-14H2,1H3/t19-/m1/s1. The molecule has 1 atom stereocenters. The van der Waals surface area contributed by atoms with E-state index in [4.69, 9.17) is 4.74 Å². The number of nitrogens with zero attached hydrogens (tertiary/aromatic N) is 4. The number of hydrogen-bond donors (Lipinski definition) is 0. The van der Waals surface area contributed by atoms with Crippen LogP contribution >= 0.6 is 0 Å². The second kappa shape index (κ2) is 6.82. The number of aryl methyl sites for hydroxylation is 1. The van der Waals surface area contributed by atoms with Gasteiger partial charge < -0.3 is 9.30 Å². The van der Waals surface area contributed by atoms with Crippen molar-refractivity contribution in [2.24, 2.45) is 7.05 Å². The Hall–Kier alpha value is -2.44. The number of hydrogen-bond acceptors (Lipinski definition) is 3. The van der Waals surface area contributed by atoms with Crippen molar-refractivity contribution in [2.75, 3.05) is 19.8 Å². The summed E-state index contributed by atoms with van der Waals surface area (Å²) in [5.74, 6) is -0.273. The molecule has 6 heteroatoms. The summed E-state index contributed by atoms with van der Waals surface area (Å²) in [5, 5.41) is 4.56. The monoisotopic (exact) mass is 340 g/mol. The van der Waals surface area contributed by atoms with Crippen LogP contribution in [0.3, 0.4) is 0 Å². The minimum atomic E-state index is -0.273. The minimum Gasteiger partial charge on any atom is -0.378 e. The summed E-state index contributed by atoms with van der Waals surface area (Å²) in [4.78, 5) is 2.37. The number of aromatic nitrogens is 3. The van der Waals surface area contributed by atoms with Crippen LogP contribution in [0.1, 0.15) is 17.4 Å². The molecule has 5 nitrogen and oxygen atoms in total.